The molecule has 94 valence electrons. The Labute approximate surface area is 106 Å². The molecule has 0 spiro atoms. The number of rotatable bonds is 2. The number of fused-ring (bicyclic) bond motifs is 1. The molecule has 0 saturated carbocycles. The highest BCUT2D eigenvalue weighted by molar-refractivity contribution is 5.49. The summed E-state index contributed by atoms with van der Waals surface area (Å²) in [5, 5.41) is 0. The molecule has 3 atom stereocenters. The van der Waals surface area contributed by atoms with E-state index < -0.39 is 0 Å². The zero-order chi connectivity index (χ0) is 13.2. The van der Waals surface area contributed by atoms with Crippen LogP contribution >= 0.6 is 0 Å². The first-order chi connectivity index (χ1) is 7.74. The Morgan fingerprint density at radius 2 is 1.88 bits per heavy atom. The maximum Gasteiger partial charge on any atom is 0.0593 e. The summed E-state index contributed by atoms with van der Waals surface area (Å²) in [6.07, 6.45) is 1.99. The zero-order valence-corrected chi connectivity index (χ0v) is 12.1. The van der Waals surface area contributed by atoms with Crippen molar-refractivity contribution >= 4 is 0 Å². The second-order valence-corrected chi connectivity index (χ2v) is 6.28. The van der Waals surface area contributed by atoms with Crippen LogP contribution in [0, 0.1) is 17.3 Å². The summed E-state index contributed by atoms with van der Waals surface area (Å²) in [7, 11) is 0. The van der Waals surface area contributed by atoms with Crippen LogP contribution < -0.4 is 0 Å². The smallest absolute Gasteiger partial charge is 0.0593 e. The average Bonchev–Trinajstić information content (AvgIpc) is 2.47. The summed E-state index contributed by atoms with van der Waals surface area (Å²) in [5.41, 5.74) is 4.36. The van der Waals surface area contributed by atoms with Crippen molar-refractivity contribution in [1.82, 2.24) is 4.90 Å². The van der Waals surface area contributed by atoms with Gasteiger partial charge in [0, 0.05) is 22.7 Å². The minimum Gasteiger partial charge on any atom is -0.338 e. The molecule has 0 radical (unpaired) electrons. The minimum absolute atomic E-state index is 0.172. The van der Waals surface area contributed by atoms with Crippen LogP contribution in [-0.2, 0) is 0 Å². The van der Waals surface area contributed by atoms with Crippen LogP contribution in [0.5, 0.6) is 0 Å². The Hall–Kier alpha value is -0.980. The Morgan fingerprint density at radius 1 is 1.35 bits per heavy atom. The molecular formula is C16H25N. The van der Waals surface area contributed by atoms with E-state index in [0.29, 0.717) is 11.8 Å². The van der Waals surface area contributed by atoms with Gasteiger partial charge in [0.1, 0.15) is 0 Å². The molecule has 1 saturated heterocycles. The summed E-state index contributed by atoms with van der Waals surface area (Å²) in [6.45, 7) is 22.2. The van der Waals surface area contributed by atoms with Crippen molar-refractivity contribution in [2.24, 2.45) is 17.3 Å². The quantitative estimate of drug-likeness (QED) is 0.683. The van der Waals surface area contributed by atoms with E-state index in [4.69, 9.17) is 0 Å². The lowest BCUT2D eigenvalue weighted by Crippen LogP contribution is -2.70. The highest BCUT2D eigenvalue weighted by atomic mass is 15.3. The molecule has 0 bridgehead atoms. The maximum absolute atomic E-state index is 4.33. The van der Waals surface area contributed by atoms with Crippen molar-refractivity contribution < 1.29 is 0 Å². The first-order valence-electron chi connectivity index (χ1n) is 6.57. The molecule has 1 fully saturated rings. The largest absolute Gasteiger partial charge is 0.338 e. The maximum atomic E-state index is 4.33. The summed E-state index contributed by atoms with van der Waals surface area (Å²) in [6, 6.07) is 0. The van der Waals surface area contributed by atoms with Crippen LogP contribution in [-0.4, -0.2) is 10.4 Å². The van der Waals surface area contributed by atoms with Gasteiger partial charge in [-0.3, -0.25) is 0 Å². The van der Waals surface area contributed by atoms with Gasteiger partial charge in [0.25, 0.3) is 0 Å². The Bertz CT molecular complexity index is 429. The van der Waals surface area contributed by atoms with Gasteiger partial charge < -0.3 is 4.90 Å². The SMILES string of the molecule is C=CC1=C(C)C(C)[C@@]2(C)N1C(=C)C2(C)C(C)C. The molecule has 1 nitrogen and oxygen atoms in total. The molecular weight excluding hydrogens is 206 g/mol. The lowest BCUT2D eigenvalue weighted by atomic mass is 9.52. The molecule has 2 heterocycles. The molecule has 0 N–H and O–H groups in total. The van der Waals surface area contributed by atoms with Crippen LogP contribution in [0.1, 0.15) is 41.5 Å². The topological polar surface area (TPSA) is 3.24 Å². The lowest BCUT2D eigenvalue weighted by molar-refractivity contribution is -0.0935. The highest BCUT2D eigenvalue weighted by Gasteiger charge is 2.68. The molecule has 2 unspecified atom stereocenters. The van der Waals surface area contributed by atoms with Gasteiger partial charge in [-0.2, -0.15) is 0 Å². The number of nitrogens with zero attached hydrogens (tertiary/aromatic N) is 1. The average molecular weight is 231 g/mol. The third kappa shape index (κ3) is 1.02. The van der Waals surface area contributed by atoms with Gasteiger partial charge >= 0.3 is 0 Å². The van der Waals surface area contributed by atoms with Crippen molar-refractivity contribution in [3.63, 3.8) is 0 Å². The molecule has 0 aromatic heterocycles. The fourth-order valence-corrected chi connectivity index (χ4v) is 4.01. The van der Waals surface area contributed by atoms with Crippen molar-refractivity contribution in [2.45, 2.75) is 47.1 Å². The summed E-state index contributed by atoms with van der Waals surface area (Å²) in [5.74, 6) is 1.17. The Balaban J connectivity index is 2.56. The van der Waals surface area contributed by atoms with E-state index in [9.17, 15) is 0 Å². The van der Waals surface area contributed by atoms with E-state index in [1.807, 2.05) is 6.08 Å². The van der Waals surface area contributed by atoms with Crippen molar-refractivity contribution in [1.29, 1.82) is 0 Å². The van der Waals surface area contributed by atoms with E-state index in [1.54, 1.807) is 0 Å². The normalized spacial score (nSPS) is 40.8. The zero-order valence-electron chi connectivity index (χ0n) is 12.1. The van der Waals surface area contributed by atoms with Crippen molar-refractivity contribution in [3.8, 4) is 0 Å². The van der Waals surface area contributed by atoms with Gasteiger partial charge in [-0.1, -0.05) is 40.9 Å². The van der Waals surface area contributed by atoms with Gasteiger partial charge in [0.05, 0.1) is 5.54 Å². The monoisotopic (exact) mass is 231 g/mol. The van der Waals surface area contributed by atoms with E-state index in [2.05, 4.69) is 59.6 Å². The Morgan fingerprint density at radius 3 is 2.29 bits per heavy atom. The van der Waals surface area contributed by atoms with Gasteiger partial charge in [-0.15, -0.1) is 0 Å². The van der Waals surface area contributed by atoms with E-state index in [-0.39, 0.29) is 11.0 Å². The number of hydrogen-bond donors (Lipinski definition) is 0. The Kier molecular flexibility index (Phi) is 2.40. The van der Waals surface area contributed by atoms with Gasteiger partial charge in [0.15, 0.2) is 0 Å². The second-order valence-electron chi connectivity index (χ2n) is 6.28. The first-order valence-corrected chi connectivity index (χ1v) is 6.57. The fourth-order valence-electron chi connectivity index (χ4n) is 4.01. The first kappa shape index (κ1) is 12.5. The van der Waals surface area contributed by atoms with Crippen LogP contribution in [0.25, 0.3) is 0 Å². The van der Waals surface area contributed by atoms with Crippen LogP contribution in [0.4, 0.5) is 0 Å². The van der Waals surface area contributed by atoms with Crippen LogP contribution in [0.2, 0.25) is 0 Å². The van der Waals surface area contributed by atoms with Crippen molar-refractivity contribution in [2.75, 3.05) is 0 Å². The summed E-state index contributed by atoms with van der Waals surface area (Å²) in [4.78, 5) is 2.42. The molecule has 17 heavy (non-hydrogen) atoms. The van der Waals surface area contributed by atoms with E-state index >= 15 is 0 Å². The third-order valence-electron chi connectivity index (χ3n) is 5.87. The predicted molar refractivity (Wildman–Crippen MR) is 74.4 cm³/mol. The highest BCUT2D eigenvalue weighted by Crippen LogP contribution is 2.67. The third-order valence-corrected chi connectivity index (χ3v) is 5.87. The number of allylic oxidation sites excluding steroid dienone is 1. The molecule has 2 aliphatic rings. The molecule has 0 aromatic rings. The summed E-state index contributed by atoms with van der Waals surface area (Å²) < 4.78 is 0. The summed E-state index contributed by atoms with van der Waals surface area (Å²) >= 11 is 0. The van der Waals surface area contributed by atoms with Gasteiger partial charge in [-0.05, 0) is 31.4 Å². The molecule has 0 aliphatic carbocycles. The van der Waals surface area contributed by atoms with Crippen molar-refractivity contribution in [3.05, 3.63) is 36.2 Å². The van der Waals surface area contributed by atoms with E-state index in [0.717, 1.165) is 0 Å². The second kappa shape index (κ2) is 3.28. The molecule has 1 heteroatoms. The van der Waals surface area contributed by atoms with Crippen LogP contribution in [0.15, 0.2) is 36.2 Å². The van der Waals surface area contributed by atoms with Crippen LogP contribution in [0.3, 0.4) is 0 Å². The standard InChI is InChI=1S/C16H25N/c1-9-14-11(4)12(5)16(8)15(7,10(2)3)13(6)17(14)16/h9-10,12H,1,6H2,2-5,7-8H3/t12?,15?,16-/m1/s1. The predicted octanol–water partition coefficient (Wildman–Crippen LogP) is 4.35. The molecule has 0 aromatic carbocycles. The van der Waals surface area contributed by atoms with E-state index in [1.165, 1.54) is 17.0 Å². The molecule has 2 rings (SSSR count). The van der Waals surface area contributed by atoms with Gasteiger partial charge in [-0.25, -0.2) is 0 Å². The molecule has 2 aliphatic heterocycles. The lowest BCUT2D eigenvalue weighted by Gasteiger charge is -2.67. The number of hydrogen-bond acceptors (Lipinski definition) is 1. The van der Waals surface area contributed by atoms with Gasteiger partial charge in [0.2, 0.25) is 0 Å². The fraction of sp³-hybridized carbons (Fsp3) is 0.625. The minimum atomic E-state index is 0.172. The molecule has 0 amide bonds.